The molecule has 0 aromatic heterocycles. The van der Waals surface area contributed by atoms with Gasteiger partial charge in [0.25, 0.3) is 0 Å². The van der Waals surface area contributed by atoms with Crippen LogP contribution in [0.1, 0.15) is 34.1 Å². The van der Waals surface area contributed by atoms with E-state index >= 15 is 0 Å². The Bertz CT molecular complexity index is 194. The Balaban J connectivity index is 2.34. The van der Waals surface area contributed by atoms with Gasteiger partial charge in [-0.1, -0.05) is 20.8 Å². The number of rotatable bonds is 6. The second-order valence-electron chi connectivity index (χ2n) is 5.06. The van der Waals surface area contributed by atoms with Crippen LogP contribution in [0.25, 0.3) is 0 Å². The van der Waals surface area contributed by atoms with Crippen molar-refractivity contribution < 1.29 is 9.47 Å². The Morgan fingerprint density at radius 2 is 2.13 bits per heavy atom. The molecule has 1 aliphatic carbocycles. The van der Waals surface area contributed by atoms with Gasteiger partial charge in [0.15, 0.2) is 0 Å². The summed E-state index contributed by atoms with van der Waals surface area (Å²) in [6.45, 7) is 10.5. The van der Waals surface area contributed by atoms with Crippen molar-refractivity contribution in [2.75, 3.05) is 20.3 Å². The minimum atomic E-state index is 0.196. The molecule has 3 unspecified atom stereocenters. The maximum Gasteiger partial charge on any atom is 0.0784 e. The van der Waals surface area contributed by atoms with E-state index in [0.717, 1.165) is 13.0 Å². The fraction of sp³-hybridized carbons (Fsp3) is 1.00. The molecule has 3 atom stereocenters. The molecule has 15 heavy (non-hydrogen) atoms. The molecule has 1 saturated carbocycles. The maximum absolute atomic E-state index is 5.95. The average Bonchev–Trinajstić information content (AvgIpc) is 2.17. The third-order valence-corrected chi connectivity index (χ3v) is 3.43. The summed E-state index contributed by atoms with van der Waals surface area (Å²) in [4.78, 5) is 0. The van der Waals surface area contributed by atoms with Crippen molar-refractivity contribution in [3.8, 4) is 0 Å². The average molecular weight is 215 g/mol. The number of methoxy groups -OCH3 is 1. The van der Waals surface area contributed by atoms with Crippen molar-refractivity contribution in [2.24, 2.45) is 5.41 Å². The molecule has 1 rings (SSSR count). The summed E-state index contributed by atoms with van der Waals surface area (Å²) in [7, 11) is 1.72. The zero-order valence-corrected chi connectivity index (χ0v) is 10.7. The van der Waals surface area contributed by atoms with E-state index in [1.54, 1.807) is 7.11 Å². The summed E-state index contributed by atoms with van der Waals surface area (Å²) in [6.07, 6.45) is 1.68. The summed E-state index contributed by atoms with van der Waals surface area (Å²) >= 11 is 0. The predicted octanol–water partition coefficient (Wildman–Crippen LogP) is 1.81. The summed E-state index contributed by atoms with van der Waals surface area (Å²) in [5.74, 6) is 0. The molecule has 0 saturated heterocycles. The van der Waals surface area contributed by atoms with Crippen molar-refractivity contribution in [3.05, 3.63) is 0 Å². The minimum absolute atomic E-state index is 0.196. The summed E-state index contributed by atoms with van der Waals surface area (Å²) in [5.41, 5.74) is 0.248. The zero-order chi connectivity index (χ0) is 11.5. The number of hydrogen-bond donors (Lipinski definition) is 1. The molecule has 0 spiro atoms. The van der Waals surface area contributed by atoms with Crippen molar-refractivity contribution in [2.45, 2.75) is 52.4 Å². The highest BCUT2D eigenvalue weighted by Gasteiger charge is 2.48. The van der Waals surface area contributed by atoms with E-state index in [-0.39, 0.29) is 11.5 Å². The molecule has 3 heteroatoms. The quantitative estimate of drug-likeness (QED) is 0.733. The first kappa shape index (κ1) is 12.9. The Labute approximate surface area is 93.5 Å². The van der Waals surface area contributed by atoms with E-state index in [1.807, 2.05) is 0 Å². The van der Waals surface area contributed by atoms with Gasteiger partial charge in [0.1, 0.15) is 0 Å². The molecule has 0 bridgehead atoms. The van der Waals surface area contributed by atoms with E-state index in [0.29, 0.717) is 18.8 Å². The first-order chi connectivity index (χ1) is 7.02. The fourth-order valence-corrected chi connectivity index (χ4v) is 2.26. The molecule has 1 aliphatic rings. The lowest BCUT2D eigenvalue weighted by Crippen LogP contribution is -2.61. The highest BCUT2D eigenvalue weighted by molar-refractivity contribution is 5.02. The van der Waals surface area contributed by atoms with Gasteiger partial charge < -0.3 is 14.8 Å². The third-order valence-electron chi connectivity index (χ3n) is 3.43. The van der Waals surface area contributed by atoms with Gasteiger partial charge in [-0.15, -0.1) is 0 Å². The molecule has 0 aromatic carbocycles. The molecule has 0 amide bonds. The molecule has 1 N–H and O–H groups in total. The largest absolute Gasteiger partial charge is 0.382 e. The Kier molecular flexibility index (Phi) is 4.56. The van der Waals surface area contributed by atoms with Gasteiger partial charge in [0, 0.05) is 18.6 Å². The lowest BCUT2D eigenvalue weighted by Gasteiger charge is -2.52. The van der Waals surface area contributed by atoms with Gasteiger partial charge in [-0.25, -0.2) is 0 Å². The lowest BCUT2D eigenvalue weighted by molar-refractivity contribution is -0.153. The van der Waals surface area contributed by atoms with Crippen LogP contribution in [0.5, 0.6) is 0 Å². The predicted molar refractivity (Wildman–Crippen MR) is 62.1 cm³/mol. The summed E-state index contributed by atoms with van der Waals surface area (Å²) in [6, 6.07) is 0.599. The summed E-state index contributed by atoms with van der Waals surface area (Å²) in [5, 5.41) is 3.50. The molecule has 90 valence electrons. The molecule has 0 radical (unpaired) electrons. The second kappa shape index (κ2) is 5.28. The number of ether oxygens (including phenoxy) is 2. The van der Waals surface area contributed by atoms with Gasteiger partial charge >= 0.3 is 0 Å². The minimum Gasteiger partial charge on any atom is -0.382 e. The van der Waals surface area contributed by atoms with Crippen molar-refractivity contribution in [3.63, 3.8) is 0 Å². The van der Waals surface area contributed by atoms with Gasteiger partial charge in [0.05, 0.1) is 18.8 Å². The van der Waals surface area contributed by atoms with Gasteiger partial charge in [-0.2, -0.15) is 0 Å². The zero-order valence-electron chi connectivity index (χ0n) is 10.7. The molecule has 1 fully saturated rings. The van der Waals surface area contributed by atoms with Crippen LogP contribution in [0.4, 0.5) is 0 Å². The molecule has 0 aliphatic heterocycles. The van der Waals surface area contributed by atoms with E-state index in [9.17, 15) is 0 Å². The highest BCUT2D eigenvalue weighted by Crippen LogP contribution is 2.43. The molecule has 3 nitrogen and oxygen atoms in total. The van der Waals surface area contributed by atoms with E-state index in [4.69, 9.17) is 9.47 Å². The van der Waals surface area contributed by atoms with Crippen LogP contribution in [-0.2, 0) is 9.47 Å². The Hall–Kier alpha value is -0.120. The van der Waals surface area contributed by atoms with E-state index in [1.165, 1.54) is 0 Å². The Morgan fingerprint density at radius 1 is 1.47 bits per heavy atom. The maximum atomic E-state index is 5.95. The van der Waals surface area contributed by atoms with Crippen LogP contribution < -0.4 is 5.32 Å². The smallest absolute Gasteiger partial charge is 0.0784 e. The lowest BCUT2D eigenvalue weighted by atomic mass is 9.64. The Morgan fingerprint density at radius 3 is 2.60 bits per heavy atom. The number of nitrogens with one attached hydrogen (secondary N) is 1. The SMILES string of the molecule is CCNC1CC(OC(C)COC)C1(C)C. The molecule has 0 aromatic rings. The first-order valence-electron chi connectivity index (χ1n) is 5.90. The van der Waals surface area contributed by atoms with Crippen molar-refractivity contribution >= 4 is 0 Å². The normalized spacial score (nSPS) is 31.0. The van der Waals surface area contributed by atoms with E-state index in [2.05, 4.69) is 33.0 Å². The molecular formula is C12H25NO2. The van der Waals surface area contributed by atoms with Crippen LogP contribution in [0.2, 0.25) is 0 Å². The third kappa shape index (κ3) is 2.92. The molecule has 0 heterocycles. The standard InChI is InChI=1S/C12H25NO2/c1-6-13-10-7-11(12(10,3)4)15-9(2)8-14-5/h9-11,13H,6-8H2,1-5H3. The van der Waals surface area contributed by atoms with Gasteiger partial charge in [-0.05, 0) is 19.9 Å². The van der Waals surface area contributed by atoms with E-state index < -0.39 is 0 Å². The summed E-state index contributed by atoms with van der Waals surface area (Å²) < 4.78 is 11.0. The van der Waals surface area contributed by atoms with Crippen molar-refractivity contribution in [1.82, 2.24) is 5.32 Å². The topological polar surface area (TPSA) is 30.5 Å². The highest BCUT2D eigenvalue weighted by atomic mass is 16.5. The van der Waals surface area contributed by atoms with Gasteiger partial charge in [0.2, 0.25) is 0 Å². The van der Waals surface area contributed by atoms with Crippen LogP contribution in [0.3, 0.4) is 0 Å². The first-order valence-corrected chi connectivity index (χ1v) is 5.90. The second-order valence-corrected chi connectivity index (χ2v) is 5.06. The number of hydrogen-bond acceptors (Lipinski definition) is 3. The van der Waals surface area contributed by atoms with Crippen LogP contribution in [0, 0.1) is 5.41 Å². The molecular weight excluding hydrogens is 190 g/mol. The van der Waals surface area contributed by atoms with Crippen LogP contribution >= 0.6 is 0 Å². The van der Waals surface area contributed by atoms with Crippen LogP contribution in [-0.4, -0.2) is 38.5 Å². The van der Waals surface area contributed by atoms with Gasteiger partial charge in [-0.3, -0.25) is 0 Å². The van der Waals surface area contributed by atoms with Crippen LogP contribution in [0.15, 0.2) is 0 Å². The fourth-order valence-electron chi connectivity index (χ4n) is 2.26. The monoisotopic (exact) mass is 215 g/mol. The van der Waals surface area contributed by atoms with Crippen molar-refractivity contribution in [1.29, 1.82) is 0 Å².